The van der Waals surface area contributed by atoms with Crippen molar-refractivity contribution in [2.75, 3.05) is 31.6 Å². The molecule has 1 fully saturated rings. The molecule has 120 valence electrons. The molecule has 1 aromatic heterocycles. The third-order valence-corrected chi connectivity index (χ3v) is 4.24. The molecule has 0 radical (unpaired) electrons. The number of hydrogen-bond acceptors (Lipinski definition) is 4. The van der Waals surface area contributed by atoms with Gasteiger partial charge in [-0.2, -0.15) is 0 Å². The molecular formula is C16H15Cl2N3O2. The zero-order valence-corrected chi connectivity index (χ0v) is 13.8. The van der Waals surface area contributed by atoms with E-state index >= 15 is 0 Å². The van der Waals surface area contributed by atoms with E-state index in [2.05, 4.69) is 10.3 Å². The van der Waals surface area contributed by atoms with Crippen molar-refractivity contribution in [3.8, 4) is 0 Å². The highest BCUT2D eigenvalue weighted by Gasteiger charge is 2.18. The summed E-state index contributed by atoms with van der Waals surface area (Å²) in [4.78, 5) is 18.5. The van der Waals surface area contributed by atoms with Gasteiger partial charge in [-0.05, 0) is 30.3 Å². The number of anilines is 2. The normalized spacial score (nSPS) is 14.6. The second-order valence-corrected chi connectivity index (χ2v) is 5.90. The molecule has 1 saturated heterocycles. The van der Waals surface area contributed by atoms with E-state index in [-0.39, 0.29) is 5.91 Å². The van der Waals surface area contributed by atoms with E-state index in [1.165, 1.54) is 0 Å². The number of rotatable bonds is 3. The third kappa shape index (κ3) is 3.93. The second-order valence-electron chi connectivity index (χ2n) is 5.09. The lowest BCUT2D eigenvalue weighted by Crippen LogP contribution is -2.40. The molecule has 0 unspecified atom stereocenters. The van der Waals surface area contributed by atoms with Crippen LogP contribution in [0.15, 0.2) is 36.5 Å². The van der Waals surface area contributed by atoms with Crippen LogP contribution in [0.25, 0.3) is 0 Å². The lowest BCUT2D eigenvalue weighted by atomic mass is 10.2. The fourth-order valence-corrected chi connectivity index (χ4v) is 2.60. The van der Waals surface area contributed by atoms with Gasteiger partial charge in [0.05, 0.1) is 23.3 Å². The van der Waals surface area contributed by atoms with Crippen LogP contribution in [0.3, 0.4) is 0 Å². The SMILES string of the molecule is O=C(c1ccnc(Nc2ccc(Cl)c(Cl)c2)c1)N1CCOCC1. The predicted molar refractivity (Wildman–Crippen MR) is 90.7 cm³/mol. The number of hydrogen-bond donors (Lipinski definition) is 1. The van der Waals surface area contributed by atoms with Crippen LogP contribution in [0.4, 0.5) is 11.5 Å². The van der Waals surface area contributed by atoms with Gasteiger partial charge in [0.25, 0.3) is 5.91 Å². The number of nitrogens with one attached hydrogen (secondary N) is 1. The number of aromatic nitrogens is 1. The molecular weight excluding hydrogens is 337 g/mol. The first-order valence-corrected chi connectivity index (χ1v) is 7.94. The van der Waals surface area contributed by atoms with Crippen LogP contribution >= 0.6 is 23.2 Å². The average Bonchev–Trinajstić information content (AvgIpc) is 2.58. The van der Waals surface area contributed by atoms with E-state index in [4.69, 9.17) is 27.9 Å². The molecule has 0 aliphatic carbocycles. The summed E-state index contributed by atoms with van der Waals surface area (Å²) in [6.07, 6.45) is 1.60. The van der Waals surface area contributed by atoms with E-state index in [1.54, 1.807) is 41.4 Å². The Balaban J connectivity index is 1.76. The number of morpholine rings is 1. The van der Waals surface area contributed by atoms with Crippen LogP contribution in [0.1, 0.15) is 10.4 Å². The van der Waals surface area contributed by atoms with Gasteiger partial charge in [0.2, 0.25) is 0 Å². The predicted octanol–water partition coefficient (Wildman–Crippen LogP) is 3.60. The summed E-state index contributed by atoms with van der Waals surface area (Å²) in [7, 11) is 0. The van der Waals surface area contributed by atoms with Crippen LogP contribution in [0.2, 0.25) is 10.0 Å². The Hall–Kier alpha value is -1.82. The van der Waals surface area contributed by atoms with Gasteiger partial charge in [0, 0.05) is 30.5 Å². The van der Waals surface area contributed by atoms with Crippen LogP contribution in [-0.4, -0.2) is 42.1 Å². The van der Waals surface area contributed by atoms with Gasteiger partial charge >= 0.3 is 0 Å². The van der Waals surface area contributed by atoms with E-state index in [9.17, 15) is 4.79 Å². The molecule has 1 N–H and O–H groups in total. The highest BCUT2D eigenvalue weighted by atomic mass is 35.5. The Morgan fingerprint density at radius 2 is 1.91 bits per heavy atom. The van der Waals surface area contributed by atoms with Crippen molar-refractivity contribution in [3.63, 3.8) is 0 Å². The zero-order valence-electron chi connectivity index (χ0n) is 12.3. The van der Waals surface area contributed by atoms with Crippen molar-refractivity contribution < 1.29 is 9.53 Å². The highest BCUT2D eigenvalue weighted by molar-refractivity contribution is 6.42. The number of carbonyl (C=O) groups is 1. The first kappa shape index (κ1) is 16.1. The molecule has 23 heavy (non-hydrogen) atoms. The molecule has 5 nitrogen and oxygen atoms in total. The number of nitrogens with zero attached hydrogens (tertiary/aromatic N) is 2. The van der Waals surface area contributed by atoms with E-state index < -0.39 is 0 Å². The monoisotopic (exact) mass is 351 g/mol. The van der Waals surface area contributed by atoms with Gasteiger partial charge in [0.15, 0.2) is 0 Å². The summed E-state index contributed by atoms with van der Waals surface area (Å²) in [5.74, 6) is 0.551. The number of carbonyl (C=O) groups excluding carboxylic acids is 1. The molecule has 7 heteroatoms. The largest absolute Gasteiger partial charge is 0.378 e. The van der Waals surface area contributed by atoms with Crippen LogP contribution in [-0.2, 0) is 4.74 Å². The molecule has 0 bridgehead atoms. The zero-order chi connectivity index (χ0) is 16.2. The summed E-state index contributed by atoms with van der Waals surface area (Å²) in [6, 6.07) is 8.64. The minimum Gasteiger partial charge on any atom is -0.378 e. The van der Waals surface area contributed by atoms with Crippen LogP contribution in [0, 0.1) is 0 Å². The molecule has 1 aliphatic heterocycles. The fraction of sp³-hybridized carbons (Fsp3) is 0.250. The van der Waals surface area contributed by atoms with Crippen molar-refractivity contribution in [1.29, 1.82) is 0 Å². The van der Waals surface area contributed by atoms with Gasteiger partial charge in [-0.3, -0.25) is 4.79 Å². The maximum atomic E-state index is 12.5. The first-order valence-electron chi connectivity index (χ1n) is 7.18. The Morgan fingerprint density at radius 1 is 1.13 bits per heavy atom. The topological polar surface area (TPSA) is 54.5 Å². The molecule has 2 heterocycles. The minimum atomic E-state index is -0.0205. The number of amides is 1. The second kappa shape index (κ2) is 7.17. The Labute approximate surface area is 144 Å². The van der Waals surface area contributed by atoms with Gasteiger partial charge in [-0.1, -0.05) is 23.2 Å². The van der Waals surface area contributed by atoms with Crippen molar-refractivity contribution in [2.45, 2.75) is 0 Å². The Morgan fingerprint density at radius 3 is 2.65 bits per heavy atom. The Kier molecular flexibility index (Phi) is 5.00. The lowest BCUT2D eigenvalue weighted by molar-refractivity contribution is 0.0303. The van der Waals surface area contributed by atoms with E-state index in [1.807, 2.05) is 0 Å². The van der Waals surface area contributed by atoms with Gasteiger partial charge < -0.3 is 15.0 Å². The van der Waals surface area contributed by atoms with Crippen LogP contribution < -0.4 is 5.32 Å². The quantitative estimate of drug-likeness (QED) is 0.917. The molecule has 1 aromatic carbocycles. The summed E-state index contributed by atoms with van der Waals surface area (Å²) in [6.45, 7) is 2.36. The average molecular weight is 352 g/mol. The summed E-state index contributed by atoms with van der Waals surface area (Å²) in [5, 5.41) is 4.06. The van der Waals surface area contributed by atoms with Crippen molar-refractivity contribution in [2.24, 2.45) is 0 Å². The van der Waals surface area contributed by atoms with Gasteiger partial charge in [0.1, 0.15) is 5.82 Å². The molecule has 0 saturated carbocycles. The number of benzene rings is 1. The Bertz CT molecular complexity index is 718. The minimum absolute atomic E-state index is 0.0205. The molecule has 2 aromatic rings. The molecule has 1 aliphatic rings. The number of halogens is 2. The van der Waals surface area contributed by atoms with Crippen molar-refractivity contribution >= 4 is 40.6 Å². The molecule has 1 amide bonds. The maximum absolute atomic E-state index is 12.5. The summed E-state index contributed by atoms with van der Waals surface area (Å²) >= 11 is 11.9. The van der Waals surface area contributed by atoms with E-state index in [0.29, 0.717) is 47.7 Å². The fourth-order valence-electron chi connectivity index (χ4n) is 2.30. The molecule has 3 rings (SSSR count). The van der Waals surface area contributed by atoms with Crippen molar-refractivity contribution in [1.82, 2.24) is 9.88 Å². The van der Waals surface area contributed by atoms with Gasteiger partial charge in [-0.15, -0.1) is 0 Å². The highest BCUT2D eigenvalue weighted by Crippen LogP contribution is 2.26. The van der Waals surface area contributed by atoms with Gasteiger partial charge in [-0.25, -0.2) is 4.98 Å². The first-order chi connectivity index (χ1) is 11.1. The van der Waals surface area contributed by atoms with E-state index in [0.717, 1.165) is 5.69 Å². The summed E-state index contributed by atoms with van der Waals surface area (Å²) < 4.78 is 5.27. The van der Waals surface area contributed by atoms with Crippen LogP contribution in [0.5, 0.6) is 0 Å². The molecule has 0 atom stereocenters. The number of ether oxygens (including phenoxy) is 1. The third-order valence-electron chi connectivity index (χ3n) is 3.50. The standard InChI is InChI=1S/C16H15Cl2N3O2/c17-13-2-1-12(10-14(13)18)20-15-9-11(3-4-19-15)16(22)21-5-7-23-8-6-21/h1-4,9-10H,5-8H2,(H,19,20). The summed E-state index contributed by atoms with van der Waals surface area (Å²) in [5.41, 5.74) is 1.34. The maximum Gasteiger partial charge on any atom is 0.254 e. The smallest absolute Gasteiger partial charge is 0.254 e. The lowest BCUT2D eigenvalue weighted by Gasteiger charge is -2.26. The number of pyridine rings is 1. The molecule has 0 spiro atoms. The van der Waals surface area contributed by atoms with Crippen molar-refractivity contribution in [3.05, 3.63) is 52.1 Å².